The second-order valence-corrected chi connectivity index (χ2v) is 3.52. The van der Waals surface area contributed by atoms with Gasteiger partial charge in [0, 0.05) is 6.04 Å². The quantitative estimate of drug-likeness (QED) is 0.647. The lowest BCUT2D eigenvalue weighted by molar-refractivity contribution is -0.185. The molecule has 0 aromatic rings. The van der Waals surface area contributed by atoms with Crippen LogP contribution in [0.1, 0.15) is 19.8 Å². The van der Waals surface area contributed by atoms with E-state index in [9.17, 15) is 5.11 Å². The molecule has 13 heavy (non-hydrogen) atoms. The van der Waals surface area contributed by atoms with Gasteiger partial charge in [0.1, 0.15) is 5.60 Å². The third-order valence-corrected chi connectivity index (χ3v) is 2.51. The first-order valence-electron chi connectivity index (χ1n) is 4.83. The van der Waals surface area contributed by atoms with Crippen molar-refractivity contribution in [1.29, 1.82) is 0 Å². The number of hydrogen-bond acceptors (Lipinski definition) is 4. The monoisotopic (exact) mass is 189 g/mol. The van der Waals surface area contributed by atoms with E-state index in [0.29, 0.717) is 19.8 Å². The fourth-order valence-corrected chi connectivity index (χ4v) is 1.59. The number of ether oxygens (including phenoxy) is 2. The van der Waals surface area contributed by atoms with Crippen molar-refractivity contribution >= 4 is 0 Å². The van der Waals surface area contributed by atoms with Crippen LogP contribution in [-0.4, -0.2) is 43.2 Å². The molecule has 4 heteroatoms. The third kappa shape index (κ3) is 2.40. The van der Waals surface area contributed by atoms with Crippen molar-refractivity contribution in [2.75, 3.05) is 26.4 Å². The van der Waals surface area contributed by atoms with E-state index in [1.807, 2.05) is 0 Å². The zero-order chi connectivity index (χ0) is 9.73. The topological polar surface area (TPSA) is 64.7 Å². The van der Waals surface area contributed by atoms with Crippen molar-refractivity contribution in [3.63, 3.8) is 0 Å². The van der Waals surface area contributed by atoms with E-state index in [1.165, 1.54) is 0 Å². The van der Waals surface area contributed by atoms with Gasteiger partial charge in [0.15, 0.2) is 0 Å². The van der Waals surface area contributed by atoms with Gasteiger partial charge in [-0.05, 0) is 6.42 Å². The highest BCUT2D eigenvalue weighted by Crippen LogP contribution is 2.21. The Morgan fingerprint density at radius 1 is 1.54 bits per heavy atom. The van der Waals surface area contributed by atoms with Crippen LogP contribution in [0.4, 0.5) is 0 Å². The van der Waals surface area contributed by atoms with Crippen molar-refractivity contribution in [3.05, 3.63) is 0 Å². The van der Waals surface area contributed by atoms with Crippen LogP contribution in [0.25, 0.3) is 0 Å². The Morgan fingerprint density at radius 3 is 2.77 bits per heavy atom. The molecule has 0 radical (unpaired) electrons. The Bertz CT molecular complexity index is 146. The first-order chi connectivity index (χ1) is 6.25. The summed E-state index contributed by atoms with van der Waals surface area (Å²) in [5.74, 6) is 0. The Balaban J connectivity index is 2.55. The number of aliphatic hydroxyl groups excluding tert-OH is 1. The van der Waals surface area contributed by atoms with Gasteiger partial charge in [-0.25, -0.2) is 0 Å². The molecule has 3 N–H and O–H groups in total. The molecule has 0 saturated carbocycles. The molecule has 1 fully saturated rings. The van der Waals surface area contributed by atoms with E-state index in [1.54, 1.807) is 0 Å². The molecule has 0 amide bonds. The zero-order valence-corrected chi connectivity index (χ0v) is 8.16. The van der Waals surface area contributed by atoms with E-state index in [-0.39, 0.29) is 12.6 Å². The van der Waals surface area contributed by atoms with Crippen LogP contribution in [0.15, 0.2) is 0 Å². The third-order valence-electron chi connectivity index (χ3n) is 2.51. The van der Waals surface area contributed by atoms with Crippen molar-refractivity contribution < 1.29 is 14.6 Å². The first-order valence-corrected chi connectivity index (χ1v) is 4.83. The summed E-state index contributed by atoms with van der Waals surface area (Å²) in [5.41, 5.74) is 5.28. The Labute approximate surface area is 79.0 Å². The maximum absolute atomic E-state index is 9.25. The normalized spacial score (nSPS) is 31.6. The molecular weight excluding hydrogens is 170 g/mol. The van der Waals surface area contributed by atoms with Gasteiger partial charge in [0.05, 0.1) is 26.4 Å². The van der Waals surface area contributed by atoms with Gasteiger partial charge in [0.2, 0.25) is 0 Å². The molecule has 78 valence electrons. The minimum absolute atomic E-state index is 0.0613. The first kappa shape index (κ1) is 10.9. The molecule has 0 bridgehead atoms. The minimum atomic E-state index is -0.658. The van der Waals surface area contributed by atoms with Crippen LogP contribution < -0.4 is 5.73 Å². The summed E-state index contributed by atoms with van der Waals surface area (Å²) >= 11 is 0. The highest BCUT2D eigenvalue weighted by atomic mass is 16.6. The van der Waals surface area contributed by atoms with Crippen molar-refractivity contribution in [1.82, 2.24) is 0 Å². The lowest BCUT2D eigenvalue weighted by atomic mass is 9.92. The smallest absolute Gasteiger partial charge is 0.129 e. The fourth-order valence-electron chi connectivity index (χ4n) is 1.59. The summed E-state index contributed by atoms with van der Waals surface area (Å²) in [7, 11) is 0. The average Bonchev–Trinajstić information content (AvgIpc) is 2.19. The Morgan fingerprint density at radius 2 is 2.31 bits per heavy atom. The summed E-state index contributed by atoms with van der Waals surface area (Å²) in [6.07, 6.45) is 1.84. The van der Waals surface area contributed by atoms with Gasteiger partial charge in [-0.2, -0.15) is 0 Å². The SMILES string of the molecule is CCCC(N)C1(CO)COCCO1. The summed E-state index contributed by atoms with van der Waals surface area (Å²) in [5, 5.41) is 9.25. The zero-order valence-electron chi connectivity index (χ0n) is 8.16. The van der Waals surface area contributed by atoms with E-state index >= 15 is 0 Å². The molecule has 1 rings (SSSR count). The van der Waals surface area contributed by atoms with Crippen LogP contribution in [0.2, 0.25) is 0 Å². The van der Waals surface area contributed by atoms with Crippen molar-refractivity contribution in [3.8, 4) is 0 Å². The maximum Gasteiger partial charge on any atom is 0.129 e. The van der Waals surface area contributed by atoms with Gasteiger partial charge >= 0.3 is 0 Å². The minimum Gasteiger partial charge on any atom is -0.393 e. The fraction of sp³-hybridized carbons (Fsp3) is 1.00. The standard InChI is InChI=1S/C9H19NO3/c1-2-3-8(10)9(6-11)7-12-4-5-13-9/h8,11H,2-7,10H2,1H3. The van der Waals surface area contributed by atoms with Crippen molar-refractivity contribution in [2.45, 2.75) is 31.4 Å². The summed E-state index contributed by atoms with van der Waals surface area (Å²) in [4.78, 5) is 0. The second kappa shape index (κ2) is 4.91. The van der Waals surface area contributed by atoms with Gasteiger partial charge < -0.3 is 20.3 Å². The molecule has 1 saturated heterocycles. The highest BCUT2D eigenvalue weighted by Gasteiger charge is 2.39. The number of nitrogens with two attached hydrogens (primary N) is 1. The Hall–Kier alpha value is -0.160. The molecule has 1 aliphatic rings. The predicted octanol–water partition coefficient (Wildman–Crippen LogP) is -0.108. The summed E-state index contributed by atoms with van der Waals surface area (Å²) < 4.78 is 10.8. The molecule has 4 nitrogen and oxygen atoms in total. The molecule has 0 aromatic carbocycles. The molecular formula is C9H19NO3. The largest absolute Gasteiger partial charge is 0.393 e. The van der Waals surface area contributed by atoms with Crippen LogP contribution in [0, 0.1) is 0 Å². The molecule has 0 aliphatic carbocycles. The predicted molar refractivity (Wildman–Crippen MR) is 49.5 cm³/mol. The lowest BCUT2D eigenvalue weighted by Gasteiger charge is -2.39. The average molecular weight is 189 g/mol. The van der Waals surface area contributed by atoms with Gasteiger partial charge in [-0.15, -0.1) is 0 Å². The summed E-state index contributed by atoms with van der Waals surface area (Å²) in [6.45, 7) is 3.53. The number of rotatable bonds is 4. The molecule has 2 atom stereocenters. The van der Waals surface area contributed by atoms with Crippen LogP contribution in [-0.2, 0) is 9.47 Å². The van der Waals surface area contributed by atoms with Crippen LogP contribution in [0.5, 0.6) is 0 Å². The van der Waals surface area contributed by atoms with Gasteiger partial charge in [-0.3, -0.25) is 0 Å². The van der Waals surface area contributed by atoms with Crippen LogP contribution in [0.3, 0.4) is 0 Å². The second-order valence-electron chi connectivity index (χ2n) is 3.52. The van der Waals surface area contributed by atoms with Crippen molar-refractivity contribution in [2.24, 2.45) is 5.73 Å². The Kier molecular flexibility index (Phi) is 4.12. The summed E-state index contributed by atoms with van der Waals surface area (Å²) in [6, 6.07) is -0.136. The molecule has 2 unspecified atom stereocenters. The molecule has 0 spiro atoms. The highest BCUT2D eigenvalue weighted by molar-refractivity contribution is 4.92. The molecule has 1 heterocycles. The number of hydrogen-bond donors (Lipinski definition) is 2. The van der Waals surface area contributed by atoms with E-state index in [2.05, 4.69) is 6.92 Å². The lowest BCUT2D eigenvalue weighted by Crippen LogP contribution is -2.58. The van der Waals surface area contributed by atoms with E-state index < -0.39 is 5.60 Å². The van der Waals surface area contributed by atoms with Gasteiger partial charge in [-0.1, -0.05) is 13.3 Å². The van der Waals surface area contributed by atoms with Crippen LogP contribution >= 0.6 is 0 Å². The van der Waals surface area contributed by atoms with Gasteiger partial charge in [0.25, 0.3) is 0 Å². The molecule has 1 aliphatic heterocycles. The van der Waals surface area contributed by atoms with E-state index in [0.717, 1.165) is 12.8 Å². The van der Waals surface area contributed by atoms with E-state index in [4.69, 9.17) is 15.2 Å². The number of aliphatic hydroxyl groups is 1. The maximum atomic E-state index is 9.25. The molecule has 0 aromatic heterocycles.